The van der Waals surface area contributed by atoms with Crippen molar-refractivity contribution in [2.75, 3.05) is 11.9 Å². The highest BCUT2D eigenvalue weighted by Crippen LogP contribution is 2.21. The van der Waals surface area contributed by atoms with Crippen LogP contribution >= 0.6 is 0 Å². The number of hydrogen-bond donors (Lipinski definition) is 2. The molecule has 6 heteroatoms. The Kier molecular flexibility index (Phi) is 3.88. The molecular formula is C12H14F2N2O2. The van der Waals surface area contributed by atoms with Crippen molar-refractivity contribution in [3.8, 4) is 0 Å². The zero-order chi connectivity index (χ0) is 13.1. The van der Waals surface area contributed by atoms with Gasteiger partial charge in [0, 0.05) is 18.3 Å². The second kappa shape index (κ2) is 5.41. The third-order valence-electron chi connectivity index (χ3n) is 2.79. The summed E-state index contributed by atoms with van der Waals surface area (Å²) in [6, 6.07) is 2.85. The minimum Gasteiger partial charge on any atom is -0.364 e. The van der Waals surface area contributed by atoms with Crippen LogP contribution in [-0.2, 0) is 9.53 Å². The van der Waals surface area contributed by atoms with Crippen LogP contribution in [0.3, 0.4) is 0 Å². The summed E-state index contributed by atoms with van der Waals surface area (Å²) in [4.78, 5) is 11.8. The van der Waals surface area contributed by atoms with E-state index >= 15 is 0 Å². The lowest BCUT2D eigenvalue weighted by Gasteiger charge is -2.12. The zero-order valence-corrected chi connectivity index (χ0v) is 9.66. The summed E-state index contributed by atoms with van der Waals surface area (Å²) in [5.41, 5.74) is 5.51. The number of carbonyl (C=O) groups excluding carboxylic acids is 1. The Morgan fingerprint density at radius 3 is 2.56 bits per heavy atom. The fraction of sp³-hybridized carbons (Fsp3) is 0.417. The summed E-state index contributed by atoms with van der Waals surface area (Å²) in [5, 5.41) is 2.43. The van der Waals surface area contributed by atoms with Crippen LogP contribution in [0.1, 0.15) is 12.8 Å². The molecule has 1 saturated heterocycles. The average Bonchev–Trinajstić information content (AvgIpc) is 2.75. The maximum Gasteiger partial charge on any atom is 0.253 e. The number of anilines is 1. The van der Waals surface area contributed by atoms with Gasteiger partial charge in [0.25, 0.3) is 5.91 Å². The number of carbonyl (C=O) groups is 1. The van der Waals surface area contributed by atoms with E-state index in [4.69, 9.17) is 10.5 Å². The molecule has 1 aromatic carbocycles. The monoisotopic (exact) mass is 256 g/mol. The number of rotatable bonds is 3. The van der Waals surface area contributed by atoms with Crippen LogP contribution in [0.5, 0.6) is 0 Å². The summed E-state index contributed by atoms with van der Waals surface area (Å²) < 4.78 is 31.2. The van der Waals surface area contributed by atoms with E-state index in [1.807, 2.05) is 0 Å². The molecule has 1 fully saturated rings. The second-order valence-corrected chi connectivity index (χ2v) is 4.21. The van der Waals surface area contributed by atoms with Crippen molar-refractivity contribution in [3.63, 3.8) is 0 Å². The second-order valence-electron chi connectivity index (χ2n) is 4.21. The highest BCUT2D eigenvalue weighted by Gasteiger charge is 2.29. The van der Waals surface area contributed by atoms with Gasteiger partial charge in [-0.2, -0.15) is 0 Å². The Morgan fingerprint density at radius 1 is 1.33 bits per heavy atom. The van der Waals surface area contributed by atoms with Gasteiger partial charge in [-0.15, -0.1) is 0 Å². The molecule has 1 aliphatic rings. The Bertz CT molecular complexity index is 433. The highest BCUT2D eigenvalue weighted by atomic mass is 19.1. The smallest absolute Gasteiger partial charge is 0.253 e. The van der Waals surface area contributed by atoms with Crippen molar-refractivity contribution < 1.29 is 18.3 Å². The molecule has 3 N–H and O–H groups in total. The predicted molar refractivity (Wildman–Crippen MR) is 61.9 cm³/mol. The van der Waals surface area contributed by atoms with Crippen LogP contribution in [0.25, 0.3) is 0 Å². The summed E-state index contributed by atoms with van der Waals surface area (Å²) in [7, 11) is 0. The summed E-state index contributed by atoms with van der Waals surface area (Å²) in [6.07, 6.45) is 0.548. The van der Waals surface area contributed by atoms with Gasteiger partial charge in [0.1, 0.15) is 17.7 Å². The Hall–Kier alpha value is -1.53. The van der Waals surface area contributed by atoms with Gasteiger partial charge in [-0.3, -0.25) is 4.79 Å². The number of nitrogens with two attached hydrogens (primary N) is 1. The average molecular weight is 256 g/mol. The van der Waals surface area contributed by atoms with Gasteiger partial charge in [-0.05, 0) is 25.0 Å². The molecular weight excluding hydrogens is 242 g/mol. The van der Waals surface area contributed by atoms with Gasteiger partial charge in [0.05, 0.1) is 6.10 Å². The van der Waals surface area contributed by atoms with Gasteiger partial charge in [0.2, 0.25) is 0 Å². The SMILES string of the molecule is NCC1CCC(C(=O)Nc2cc(F)cc(F)c2)O1. The standard InChI is InChI=1S/C12H14F2N2O2/c13-7-3-8(14)5-9(4-7)16-12(17)11-2-1-10(6-15)18-11/h3-5,10-11H,1-2,6,15H2,(H,16,17). The molecule has 0 bridgehead atoms. The molecule has 2 rings (SSSR count). The lowest BCUT2D eigenvalue weighted by Crippen LogP contribution is -2.29. The molecule has 0 aromatic heterocycles. The summed E-state index contributed by atoms with van der Waals surface area (Å²) >= 11 is 0. The van der Waals surface area contributed by atoms with Gasteiger partial charge >= 0.3 is 0 Å². The normalized spacial score (nSPS) is 23.1. The molecule has 1 heterocycles. The fourth-order valence-electron chi connectivity index (χ4n) is 1.92. The predicted octanol–water partition coefficient (Wildman–Crippen LogP) is 1.41. The minimum absolute atomic E-state index is 0.0808. The molecule has 98 valence electrons. The third-order valence-corrected chi connectivity index (χ3v) is 2.79. The molecule has 0 radical (unpaired) electrons. The van der Waals surface area contributed by atoms with Crippen LogP contribution < -0.4 is 11.1 Å². The molecule has 0 aliphatic carbocycles. The molecule has 0 saturated carbocycles. The lowest BCUT2D eigenvalue weighted by molar-refractivity contribution is -0.126. The van der Waals surface area contributed by atoms with Crippen LogP contribution in [0.4, 0.5) is 14.5 Å². The molecule has 2 atom stereocenters. The first-order valence-corrected chi connectivity index (χ1v) is 5.71. The van der Waals surface area contributed by atoms with Crippen molar-refractivity contribution >= 4 is 11.6 Å². The topological polar surface area (TPSA) is 64.4 Å². The first kappa shape index (κ1) is 12.9. The van der Waals surface area contributed by atoms with Crippen molar-refractivity contribution in [1.82, 2.24) is 0 Å². The molecule has 4 nitrogen and oxygen atoms in total. The van der Waals surface area contributed by atoms with E-state index in [2.05, 4.69) is 5.32 Å². The fourth-order valence-corrected chi connectivity index (χ4v) is 1.92. The van der Waals surface area contributed by atoms with Crippen molar-refractivity contribution in [3.05, 3.63) is 29.8 Å². The zero-order valence-electron chi connectivity index (χ0n) is 9.66. The van der Waals surface area contributed by atoms with Gasteiger partial charge in [-0.25, -0.2) is 8.78 Å². The van der Waals surface area contributed by atoms with E-state index in [1.165, 1.54) is 0 Å². The first-order valence-electron chi connectivity index (χ1n) is 5.71. The van der Waals surface area contributed by atoms with Crippen LogP contribution in [0, 0.1) is 11.6 Å². The minimum atomic E-state index is -0.738. The highest BCUT2D eigenvalue weighted by molar-refractivity contribution is 5.94. The van der Waals surface area contributed by atoms with Crippen LogP contribution in [0.15, 0.2) is 18.2 Å². The first-order chi connectivity index (χ1) is 8.58. The van der Waals surface area contributed by atoms with Crippen molar-refractivity contribution in [2.24, 2.45) is 5.73 Å². The molecule has 0 spiro atoms. The largest absolute Gasteiger partial charge is 0.364 e. The summed E-state index contributed by atoms with van der Waals surface area (Å²) in [6.45, 7) is 0.359. The number of benzene rings is 1. The molecule has 1 amide bonds. The van der Waals surface area contributed by atoms with Crippen molar-refractivity contribution in [2.45, 2.75) is 25.0 Å². The maximum absolute atomic E-state index is 12.9. The quantitative estimate of drug-likeness (QED) is 0.859. The van der Waals surface area contributed by atoms with E-state index in [1.54, 1.807) is 0 Å². The van der Waals surface area contributed by atoms with Crippen LogP contribution in [-0.4, -0.2) is 24.7 Å². The lowest BCUT2D eigenvalue weighted by atomic mass is 10.2. The molecule has 2 unspecified atom stereocenters. The molecule has 18 heavy (non-hydrogen) atoms. The number of amides is 1. The Morgan fingerprint density at radius 2 is 2.00 bits per heavy atom. The third kappa shape index (κ3) is 3.02. The number of hydrogen-bond acceptors (Lipinski definition) is 3. The number of halogens is 2. The molecule has 1 aliphatic heterocycles. The molecule has 1 aromatic rings. The maximum atomic E-state index is 12.9. The van der Waals surface area contributed by atoms with E-state index < -0.39 is 23.6 Å². The van der Waals surface area contributed by atoms with E-state index in [-0.39, 0.29) is 11.8 Å². The Labute approximate surface area is 103 Å². The van der Waals surface area contributed by atoms with Crippen molar-refractivity contribution in [1.29, 1.82) is 0 Å². The van der Waals surface area contributed by atoms with E-state index in [9.17, 15) is 13.6 Å². The van der Waals surface area contributed by atoms with E-state index in [0.717, 1.165) is 18.2 Å². The Balaban J connectivity index is 1.99. The van der Waals surface area contributed by atoms with Gasteiger partial charge in [0.15, 0.2) is 0 Å². The van der Waals surface area contributed by atoms with Gasteiger partial charge in [-0.1, -0.05) is 0 Å². The van der Waals surface area contributed by atoms with E-state index in [0.29, 0.717) is 19.4 Å². The number of nitrogens with one attached hydrogen (secondary N) is 1. The number of ether oxygens (including phenoxy) is 1. The summed E-state index contributed by atoms with van der Waals surface area (Å²) in [5.74, 6) is -1.88. The van der Waals surface area contributed by atoms with Gasteiger partial charge < -0.3 is 15.8 Å². The van der Waals surface area contributed by atoms with Crippen LogP contribution in [0.2, 0.25) is 0 Å².